The van der Waals surface area contributed by atoms with Crippen molar-refractivity contribution in [1.82, 2.24) is 0 Å². The number of para-hydroxylation sites is 1. The van der Waals surface area contributed by atoms with Gasteiger partial charge in [-0.25, -0.2) is 4.79 Å². The standard InChI is InChI=1S/C21H23ClNO6P/c1-16(23-30(26)29-19-12-6-5-11-18(19)22)21(25)27-14-8-7-13-20(24)28-15-17-9-3-2-4-10-17/h2-6,9-12,16H,7-8,13-15H2,1H3/t16-/m0/s1. The second kappa shape index (κ2) is 13.0. The van der Waals surface area contributed by atoms with Crippen LogP contribution in [0.4, 0.5) is 0 Å². The molecule has 2 aromatic carbocycles. The molecule has 0 amide bonds. The molecule has 0 radical (unpaired) electrons. The number of unbranched alkanes of at least 4 members (excludes halogenated alkanes) is 1. The van der Waals surface area contributed by atoms with E-state index in [1.807, 2.05) is 30.3 Å². The topological polar surface area (TPSA) is 97.3 Å². The zero-order valence-electron chi connectivity index (χ0n) is 16.5. The molecule has 2 atom stereocenters. The summed E-state index contributed by atoms with van der Waals surface area (Å²) in [5.74, 6) is -0.696. The molecule has 9 heteroatoms. The highest BCUT2D eigenvalue weighted by atomic mass is 35.5. The molecule has 2 aromatic rings. The maximum atomic E-state index is 11.9. The van der Waals surface area contributed by atoms with E-state index in [1.165, 1.54) is 6.92 Å². The largest absolute Gasteiger partial charge is 0.575 e. The molecule has 30 heavy (non-hydrogen) atoms. The molecule has 0 spiro atoms. The quantitative estimate of drug-likeness (QED) is 0.285. The Bertz CT molecular complexity index is 862. The Kier molecular flexibility index (Phi) is 10.3. The molecular weight excluding hydrogens is 429 g/mol. The number of rotatable bonds is 11. The summed E-state index contributed by atoms with van der Waals surface area (Å²) >= 11 is 5.92. The van der Waals surface area contributed by atoms with Gasteiger partial charge < -0.3 is 14.4 Å². The summed E-state index contributed by atoms with van der Waals surface area (Å²) in [6, 6.07) is 15.0. The first-order valence-corrected chi connectivity index (χ1v) is 10.9. The number of carbonyl (C=O) groups excluding carboxylic acids is 2. The Labute approximate surface area is 181 Å². The lowest BCUT2D eigenvalue weighted by molar-refractivity contribution is -0.169. The lowest BCUT2D eigenvalue weighted by Gasteiger charge is -2.07. The van der Waals surface area contributed by atoms with E-state index in [-0.39, 0.29) is 31.4 Å². The highest BCUT2D eigenvalue weighted by Gasteiger charge is 2.19. The van der Waals surface area contributed by atoms with Gasteiger partial charge in [-0.15, -0.1) is 0 Å². The normalized spacial score (nSPS) is 12.2. The molecule has 160 valence electrons. The summed E-state index contributed by atoms with van der Waals surface area (Å²) in [5.41, 5.74) is 0.925. The maximum Gasteiger partial charge on any atom is 0.395 e. The number of esters is 2. The van der Waals surface area contributed by atoms with Crippen LogP contribution < -0.4 is 9.42 Å². The van der Waals surface area contributed by atoms with Crippen LogP contribution in [0.3, 0.4) is 0 Å². The van der Waals surface area contributed by atoms with E-state index in [9.17, 15) is 14.5 Å². The van der Waals surface area contributed by atoms with E-state index in [1.54, 1.807) is 24.3 Å². The van der Waals surface area contributed by atoms with Crippen LogP contribution in [0.5, 0.6) is 5.75 Å². The van der Waals surface area contributed by atoms with Crippen molar-refractivity contribution in [3.63, 3.8) is 0 Å². The van der Waals surface area contributed by atoms with Crippen LogP contribution in [-0.4, -0.2) is 24.6 Å². The summed E-state index contributed by atoms with van der Waals surface area (Å²) in [6.45, 7) is 1.83. The predicted molar refractivity (Wildman–Crippen MR) is 112 cm³/mol. The fourth-order valence-corrected chi connectivity index (χ4v) is 3.27. The number of carbonyl (C=O) groups is 2. The van der Waals surface area contributed by atoms with Gasteiger partial charge in [0.1, 0.15) is 6.61 Å². The van der Waals surface area contributed by atoms with Crippen molar-refractivity contribution in [2.45, 2.75) is 38.8 Å². The maximum absolute atomic E-state index is 11.9. The number of nitrogens with zero attached hydrogens (tertiary/aromatic N) is 1. The lowest BCUT2D eigenvalue weighted by atomic mass is 10.2. The van der Waals surface area contributed by atoms with Crippen molar-refractivity contribution >= 4 is 31.7 Å². The van der Waals surface area contributed by atoms with E-state index in [0.29, 0.717) is 17.9 Å². The van der Waals surface area contributed by atoms with Crippen molar-refractivity contribution in [3.8, 4) is 5.75 Å². The molecule has 7 nitrogen and oxygen atoms in total. The second-order valence-corrected chi connectivity index (χ2v) is 7.62. The summed E-state index contributed by atoms with van der Waals surface area (Å²) in [5, 5.41) is 0.300. The molecule has 2 rings (SSSR count). The zero-order valence-corrected chi connectivity index (χ0v) is 18.2. The SMILES string of the molecule is C[C@H](N=[P+]([O-])Oc1ccccc1Cl)C(=O)OCCCCC(=O)OCc1ccccc1. The molecule has 0 N–H and O–H groups in total. The molecule has 0 fully saturated rings. The molecule has 0 bridgehead atoms. The Morgan fingerprint density at radius 2 is 1.77 bits per heavy atom. The Morgan fingerprint density at radius 1 is 1.07 bits per heavy atom. The smallest absolute Gasteiger partial charge is 0.395 e. The first kappa shape index (κ1) is 23.8. The third-order valence-electron chi connectivity index (χ3n) is 3.88. The predicted octanol–water partition coefficient (Wildman–Crippen LogP) is 4.42. The molecule has 0 aromatic heterocycles. The third kappa shape index (κ3) is 8.91. The summed E-state index contributed by atoms with van der Waals surface area (Å²) in [7, 11) is -2.47. The number of benzene rings is 2. The van der Waals surface area contributed by atoms with Gasteiger partial charge in [0.2, 0.25) is 5.75 Å². The van der Waals surface area contributed by atoms with Crippen LogP contribution >= 0.6 is 19.8 Å². The molecule has 0 aliphatic rings. The van der Waals surface area contributed by atoms with Crippen LogP contribution in [0.1, 0.15) is 31.7 Å². The molecule has 1 unspecified atom stereocenters. The minimum Gasteiger partial charge on any atom is -0.575 e. The first-order chi connectivity index (χ1) is 14.5. The number of hydrogen-bond donors (Lipinski definition) is 0. The van der Waals surface area contributed by atoms with E-state index < -0.39 is 20.2 Å². The molecule has 0 aliphatic carbocycles. The molecule has 0 saturated carbocycles. The fraction of sp³-hybridized carbons (Fsp3) is 0.333. The minimum atomic E-state index is -2.47. The summed E-state index contributed by atoms with van der Waals surface area (Å²) < 4.78 is 19.2. The molecule has 0 aliphatic heterocycles. The van der Waals surface area contributed by atoms with E-state index >= 15 is 0 Å². The first-order valence-electron chi connectivity index (χ1n) is 9.42. The van der Waals surface area contributed by atoms with Crippen molar-refractivity contribution in [1.29, 1.82) is 0 Å². The number of hydrogen-bond acceptors (Lipinski definition) is 7. The van der Waals surface area contributed by atoms with E-state index in [0.717, 1.165) is 5.56 Å². The van der Waals surface area contributed by atoms with Gasteiger partial charge in [0.25, 0.3) is 0 Å². The molecule has 0 heterocycles. The highest BCUT2D eigenvalue weighted by molar-refractivity contribution is 7.34. The van der Waals surface area contributed by atoms with Gasteiger partial charge in [-0.05, 0) is 37.5 Å². The minimum absolute atomic E-state index is 0.132. The monoisotopic (exact) mass is 451 g/mol. The number of ether oxygens (including phenoxy) is 2. The number of halogens is 1. The van der Waals surface area contributed by atoms with Gasteiger partial charge >= 0.3 is 20.1 Å². The van der Waals surface area contributed by atoms with Crippen molar-refractivity contribution in [2.75, 3.05) is 6.61 Å². The van der Waals surface area contributed by atoms with Crippen LogP contribution in [0.15, 0.2) is 59.3 Å². The molecule has 0 saturated heterocycles. The summed E-state index contributed by atoms with van der Waals surface area (Å²) in [6.07, 6.45) is 1.26. The Morgan fingerprint density at radius 3 is 2.50 bits per heavy atom. The van der Waals surface area contributed by atoms with Crippen molar-refractivity contribution in [2.24, 2.45) is 4.74 Å². The van der Waals surface area contributed by atoms with Gasteiger partial charge in [-0.1, -0.05) is 58.8 Å². The van der Waals surface area contributed by atoms with Gasteiger partial charge in [0, 0.05) is 6.42 Å². The van der Waals surface area contributed by atoms with Crippen LogP contribution in [0.2, 0.25) is 5.02 Å². The lowest BCUT2D eigenvalue weighted by Crippen LogP contribution is -2.19. The fourth-order valence-electron chi connectivity index (χ4n) is 2.29. The summed E-state index contributed by atoms with van der Waals surface area (Å²) in [4.78, 5) is 35.6. The average Bonchev–Trinajstić information content (AvgIpc) is 2.74. The Hall–Kier alpha value is -2.47. The van der Waals surface area contributed by atoms with Gasteiger partial charge in [-0.2, -0.15) is 0 Å². The van der Waals surface area contributed by atoms with E-state index in [2.05, 4.69) is 4.74 Å². The van der Waals surface area contributed by atoms with Crippen molar-refractivity contribution in [3.05, 3.63) is 65.2 Å². The van der Waals surface area contributed by atoms with Crippen LogP contribution in [0.25, 0.3) is 0 Å². The third-order valence-corrected chi connectivity index (χ3v) is 5.08. The van der Waals surface area contributed by atoms with Crippen LogP contribution in [0, 0.1) is 0 Å². The molecular formula is C21H23ClNO6P. The van der Waals surface area contributed by atoms with Gasteiger partial charge in [0.15, 0.2) is 6.04 Å². The Balaban J connectivity index is 1.61. The second-order valence-electron chi connectivity index (χ2n) is 6.32. The zero-order chi connectivity index (χ0) is 21.8. The highest BCUT2D eigenvalue weighted by Crippen LogP contribution is 2.30. The van der Waals surface area contributed by atoms with Crippen molar-refractivity contribution < 1.29 is 28.5 Å². The average molecular weight is 452 g/mol. The van der Waals surface area contributed by atoms with Gasteiger partial charge in [0.05, 0.1) is 11.6 Å². The van der Waals surface area contributed by atoms with Crippen LogP contribution in [-0.2, 0) is 25.7 Å². The van der Waals surface area contributed by atoms with Gasteiger partial charge in [-0.3, -0.25) is 9.32 Å². The van der Waals surface area contributed by atoms with E-state index in [4.69, 9.17) is 25.6 Å².